The number of Topliss-reactive ketones (excluding diaryl/α,β-unsaturated/α-hetero) is 1. The molecule has 2 N–H and O–H groups in total. The zero-order chi connectivity index (χ0) is 16.3. The lowest BCUT2D eigenvalue weighted by Crippen LogP contribution is -2.53. The lowest BCUT2D eigenvalue weighted by molar-refractivity contribution is 0.0811. The first-order valence-corrected chi connectivity index (χ1v) is 8.22. The van der Waals surface area contributed by atoms with Crippen LogP contribution in [0.4, 0.5) is 0 Å². The fraction of sp³-hybridized carbons (Fsp3) is 0.333. The van der Waals surface area contributed by atoms with Gasteiger partial charge in [-0.05, 0) is 37.2 Å². The van der Waals surface area contributed by atoms with Crippen molar-refractivity contribution in [3.8, 4) is 11.1 Å². The van der Waals surface area contributed by atoms with Gasteiger partial charge < -0.3 is 9.73 Å². The van der Waals surface area contributed by atoms with E-state index < -0.39 is 0 Å². The van der Waals surface area contributed by atoms with Crippen LogP contribution >= 0.6 is 0 Å². The van der Waals surface area contributed by atoms with Gasteiger partial charge in [-0.3, -0.25) is 14.8 Å². The molecule has 4 heterocycles. The maximum absolute atomic E-state index is 13.1. The topological polar surface area (TPSA) is 74.2 Å². The molecule has 1 aromatic carbocycles. The number of likely N-dealkylation sites (N-methyl/N-ethyl adjacent to an activating group) is 1. The van der Waals surface area contributed by atoms with Gasteiger partial charge >= 0.3 is 0 Å². The molecule has 5 rings (SSSR count). The first-order chi connectivity index (χ1) is 11.7. The molecule has 0 aliphatic carbocycles. The van der Waals surface area contributed by atoms with Crippen LogP contribution in [0.5, 0.6) is 0 Å². The van der Waals surface area contributed by atoms with Crippen molar-refractivity contribution in [1.82, 2.24) is 20.4 Å². The van der Waals surface area contributed by atoms with Crippen molar-refractivity contribution in [2.75, 3.05) is 13.6 Å². The van der Waals surface area contributed by atoms with Gasteiger partial charge in [0.25, 0.3) is 0 Å². The highest BCUT2D eigenvalue weighted by Gasteiger charge is 2.48. The lowest BCUT2D eigenvalue weighted by Gasteiger charge is -2.30. The Morgan fingerprint density at radius 3 is 3.00 bits per heavy atom. The summed E-state index contributed by atoms with van der Waals surface area (Å²) in [5.74, 6) is 0.0905. The van der Waals surface area contributed by atoms with E-state index in [-0.39, 0.29) is 17.9 Å². The number of hydrogen-bond acceptors (Lipinski definition) is 5. The van der Waals surface area contributed by atoms with E-state index in [4.69, 9.17) is 4.42 Å². The van der Waals surface area contributed by atoms with Crippen molar-refractivity contribution in [3.05, 3.63) is 42.5 Å². The van der Waals surface area contributed by atoms with E-state index >= 15 is 0 Å². The molecular formula is C18H18N4O2. The van der Waals surface area contributed by atoms with Gasteiger partial charge in [-0.2, -0.15) is 5.10 Å². The highest BCUT2D eigenvalue weighted by molar-refractivity contribution is 6.09. The second-order valence-corrected chi connectivity index (χ2v) is 6.72. The standard InChI is InChI=1S/C18H18N4O2/c1-22-12-7-15(19-8-12)17(22)18(23)16-13-6-10(11-4-5-24-9-11)2-3-14(13)20-21-16/h2-6,9,12,15,17,19H,7-8H2,1H3,(H,20,21)/t12-,15+,17?/m0/s1. The number of aromatic amines is 1. The molecule has 2 aliphatic rings. The van der Waals surface area contributed by atoms with Gasteiger partial charge in [0.05, 0.1) is 24.1 Å². The number of carbonyl (C=O) groups is 1. The molecule has 6 nitrogen and oxygen atoms in total. The molecule has 2 fully saturated rings. The zero-order valence-corrected chi connectivity index (χ0v) is 13.3. The predicted octanol–water partition coefficient (Wildman–Crippen LogP) is 2.05. The smallest absolute Gasteiger partial charge is 0.202 e. The number of likely N-dealkylation sites (tertiary alicyclic amines) is 1. The summed E-state index contributed by atoms with van der Waals surface area (Å²) >= 11 is 0. The van der Waals surface area contributed by atoms with E-state index in [2.05, 4.69) is 20.4 Å². The molecule has 24 heavy (non-hydrogen) atoms. The van der Waals surface area contributed by atoms with E-state index in [1.807, 2.05) is 31.3 Å². The number of furan rings is 1. The second kappa shape index (κ2) is 5.03. The van der Waals surface area contributed by atoms with Gasteiger partial charge in [-0.25, -0.2) is 0 Å². The van der Waals surface area contributed by atoms with Crippen molar-refractivity contribution in [2.45, 2.75) is 24.5 Å². The summed E-state index contributed by atoms with van der Waals surface area (Å²) in [5, 5.41) is 11.6. The number of aromatic nitrogens is 2. The first-order valence-electron chi connectivity index (χ1n) is 8.22. The maximum Gasteiger partial charge on any atom is 0.202 e. The number of piperazine rings is 1. The highest BCUT2D eigenvalue weighted by Crippen LogP contribution is 2.32. The van der Waals surface area contributed by atoms with Crippen molar-refractivity contribution >= 4 is 16.7 Å². The summed E-state index contributed by atoms with van der Waals surface area (Å²) in [4.78, 5) is 15.3. The molecule has 0 amide bonds. The summed E-state index contributed by atoms with van der Waals surface area (Å²) in [6, 6.07) is 8.45. The number of ketones is 1. The Hall–Kier alpha value is -2.44. The van der Waals surface area contributed by atoms with Crippen LogP contribution in [0, 0.1) is 0 Å². The van der Waals surface area contributed by atoms with Gasteiger partial charge in [-0.1, -0.05) is 6.07 Å². The van der Waals surface area contributed by atoms with Crippen LogP contribution in [0.25, 0.3) is 22.0 Å². The third-order valence-electron chi connectivity index (χ3n) is 5.46. The monoisotopic (exact) mass is 322 g/mol. The average Bonchev–Trinajstić information content (AvgIpc) is 3.36. The quantitative estimate of drug-likeness (QED) is 0.722. The van der Waals surface area contributed by atoms with Gasteiger partial charge in [0.1, 0.15) is 5.69 Å². The van der Waals surface area contributed by atoms with E-state index in [1.54, 1.807) is 12.5 Å². The Morgan fingerprint density at radius 2 is 2.25 bits per heavy atom. The Kier molecular flexibility index (Phi) is 2.92. The van der Waals surface area contributed by atoms with Crippen LogP contribution in [-0.4, -0.2) is 52.6 Å². The van der Waals surface area contributed by atoms with E-state index in [1.165, 1.54) is 0 Å². The van der Waals surface area contributed by atoms with Gasteiger partial charge in [0.2, 0.25) is 5.78 Å². The number of hydrogen-bond donors (Lipinski definition) is 2. The first kappa shape index (κ1) is 13.9. The van der Waals surface area contributed by atoms with Crippen molar-refractivity contribution in [1.29, 1.82) is 0 Å². The third-order valence-corrected chi connectivity index (χ3v) is 5.46. The summed E-state index contributed by atoms with van der Waals surface area (Å²) in [6.07, 6.45) is 4.39. The summed E-state index contributed by atoms with van der Waals surface area (Å²) in [7, 11) is 2.04. The van der Waals surface area contributed by atoms with Gasteiger partial charge in [-0.15, -0.1) is 0 Å². The fourth-order valence-electron chi connectivity index (χ4n) is 4.13. The molecule has 2 saturated heterocycles. The molecule has 0 saturated carbocycles. The van der Waals surface area contributed by atoms with E-state index in [9.17, 15) is 4.79 Å². The molecule has 6 heteroatoms. The van der Waals surface area contributed by atoms with Crippen LogP contribution in [0.15, 0.2) is 41.2 Å². The van der Waals surface area contributed by atoms with Gasteiger partial charge in [0.15, 0.2) is 0 Å². The lowest BCUT2D eigenvalue weighted by atomic mass is 9.99. The zero-order valence-electron chi connectivity index (χ0n) is 13.3. The number of rotatable bonds is 3. The molecule has 122 valence electrons. The average molecular weight is 322 g/mol. The predicted molar refractivity (Wildman–Crippen MR) is 89.9 cm³/mol. The highest BCUT2D eigenvalue weighted by atomic mass is 16.3. The molecular weight excluding hydrogens is 304 g/mol. The largest absolute Gasteiger partial charge is 0.472 e. The number of benzene rings is 1. The fourth-order valence-corrected chi connectivity index (χ4v) is 4.13. The SMILES string of the molecule is CN1C(C(=O)c2n[nH]c3ccc(-c4ccoc4)cc23)[C@H]2C[C@H]1CN2. The minimum atomic E-state index is -0.132. The molecule has 0 radical (unpaired) electrons. The second-order valence-electron chi connectivity index (χ2n) is 6.72. The van der Waals surface area contributed by atoms with Crippen molar-refractivity contribution in [3.63, 3.8) is 0 Å². The Balaban J connectivity index is 1.57. The molecule has 0 spiro atoms. The van der Waals surface area contributed by atoms with Crippen LogP contribution in [0.2, 0.25) is 0 Å². The van der Waals surface area contributed by atoms with E-state index in [0.29, 0.717) is 11.7 Å². The normalized spacial score (nSPS) is 26.5. The molecule has 3 aromatic rings. The number of carbonyl (C=O) groups excluding carboxylic acids is 1. The number of fused-ring (bicyclic) bond motifs is 3. The van der Waals surface area contributed by atoms with Crippen LogP contribution in [0.1, 0.15) is 16.9 Å². The van der Waals surface area contributed by atoms with Crippen LogP contribution in [-0.2, 0) is 0 Å². The number of H-pyrrole nitrogens is 1. The third kappa shape index (κ3) is 1.90. The van der Waals surface area contributed by atoms with Crippen LogP contribution in [0.3, 0.4) is 0 Å². The minimum absolute atomic E-state index is 0.0905. The summed E-state index contributed by atoms with van der Waals surface area (Å²) in [6.45, 7) is 0.969. The van der Waals surface area contributed by atoms with Crippen LogP contribution < -0.4 is 5.32 Å². The summed E-state index contributed by atoms with van der Waals surface area (Å²) in [5.41, 5.74) is 3.42. The van der Waals surface area contributed by atoms with Gasteiger partial charge in [0, 0.05) is 29.6 Å². The molecule has 2 aromatic heterocycles. The minimum Gasteiger partial charge on any atom is -0.472 e. The van der Waals surface area contributed by atoms with Crippen molar-refractivity contribution < 1.29 is 9.21 Å². The Morgan fingerprint density at radius 1 is 1.33 bits per heavy atom. The number of nitrogens with zero attached hydrogens (tertiary/aromatic N) is 2. The molecule has 1 unspecified atom stereocenters. The summed E-state index contributed by atoms with van der Waals surface area (Å²) < 4.78 is 5.16. The Bertz CT molecular complexity index is 912. The molecule has 2 bridgehead atoms. The maximum atomic E-state index is 13.1. The van der Waals surface area contributed by atoms with E-state index in [0.717, 1.165) is 35.0 Å². The molecule has 2 aliphatic heterocycles. The number of nitrogens with one attached hydrogen (secondary N) is 2. The molecule has 3 atom stereocenters. The van der Waals surface area contributed by atoms with Crippen molar-refractivity contribution in [2.24, 2.45) is 0 Å². The Labute approximate surface area is 138 Å².